The lowest BCUT2D eigenvalue weighted by atomic mass is 9.97. The maximum absolute atomic E-state index is 8.47. The molecule has 0 aliphatic rings. The lowest BCUT2D eigenvalue weighted by Crippen LogP contribution is -2.02. The lowest BCUT2D eigenvalue weighted by Gasteiger charge is -2.09. The Kier molecular flexibility index (Phi) is 3.57. The average molecular weight is 277 g/mol. The van der Waals surface area contributed by atoms with Crippen LogP contribution in [0, 0.1) is 5.41 Å². The van der Waals surface area contributed by atoms with Crippen LogP contribution in [0.1, 0.15) is 11.1 Å². The molecule has 3 aromatic carbocycles. The van der Waals surface area contributed by atoms with Crippen LogP contribution < -0.4 is 0 Å². The molecule has 0 fully saturated rings. The first-order chi connectivity index (χ1) is 9.79. The summed E-state index contributed by atoms with van der Waals surface area (Å²) in [5.74, 6) is 0. The van der Waals surface area contributed by atoms with E-state index < -0.39 is 0 Å². The molecule has 0 heterocycles. The summed E-state index contributed by atoms with van der Waals surface area (Å²) in [5, 5.41) is 10.8. The van der Waals surface area contributed by atoms with Crippen molar-refractivity contribution in [2.24, 2.45) is 0 Å². The number of nitrogens with one attached hydrogen (secondary N) is 1. The molecule has 0 aromatic heterocycles. The molecule has 0 aliphatic heterocycles. The molecular formula is C18H15NS. The van der Waals surface area contributed by atoms with Crippen LogP contribution >= 0.6 is 11.8 Å². The van der Waals surface area contributed by atoms with Crippen LogP contribution in [0.2, 0.25) is 0 Å². The number of hydrogen-bond donors (Lipinski definition) is 1. The Morgan fingerprint density at radius 3 is 2.30 bits per heavy atom. The molecule has 0 saturated carbocycles. The van der Waals surface area contributed by atoms with Gasteiger partial charge in [-0.25, -0.2) is 0 Å². The maximum Gasteiger partial charge on any atom is 0.0690 e. The summed E-state index contributed by atoms with van der Waals surface area (Å²) < 4.78 is 0. The molecule has 0 saturated heterocycles. The quantitative estimate of drug-likeness (QED) is 0.530. The van der Waals surface area contributed by atoms with Crippen molar-refractivity contribution in [2.75, 3.05) is 6.26 Å². The second kappa shape index (κ2) is 5.51. The van der Waals surface area contributed by atoms with Gasteiger partial charge in [-0.15, -0.1) is 11.8 Å². The molecule has 3 rings (SSSR count). The second-order valence-corrected chi connectivity index (χ2v) is 5.51. The monoisotopic (exact) mass is 277 g/mol. The van der Waals surface area contributed by atoms with E-state index in [1.54, 1.807) is 11.8 Å². The van der Waals surface area contributed by atoms with Gasteiger partial charge in [0.2, 0.25) is 0 Å². The van der Waals surface area contributed by atoms with Gasteiger partial charge in [0.1, 0.15) is 0 Å². The van der Waals surface area contributed by atoms with Crippen molar-refractivity contribution in [3.63, 3.8) is 0 Å². The highest BCUT2D eigenvalue weighted by molar-refractivity contribution is 7.98. The zero-order valence-corrected chi connectivity index (χ0v) is 12.1. The van der Waals surface area contributed by atoms with Crippen molar-refractivity contribution in [3.05, 3.63) is 77.9 Å². The van der Waals surface area contributed by atoms with E-state index in [1.807, 2.05) is 36.4 Å². The molecule has 0 amide bonds. The van der Waals surface area contributed by atoms with E-state index in [0.29, 0.717) is 5.71 Å². The van der Waals surface area contributed by atoms with E-state index in [9.17, 15) is 0 Å². The van der Waals surface area contributed by atoms with Gasteiger partial charge in [-0.05, 0) is 29.2 Å². The Morgan fingerprint density at radius 2 is 1.55 bits per heavy atom. The molecule has 0 atom stereocenters. The molecule has 0 bridgehead atoms. The zero-order valence-electron chi connectivity index (χ0n) is 11.3. The molecule has 0 spiro atoms. The van der Waals surface area contributed by atoms with Gasteiger partial charge in [-0.1, -0.05) is 54.6 Å². The molecule has 1 nitrogen and oxygen atoms in total. The van der Waals surface area contributed by atoms with Crippen LogP contribution in [0.5, 0.6) is 0 Å². The summed E-state index contributed by atoms with van der Waals surface area (Å²) in [6.45, 7) is 0. The van der Waals surface area contributed by atoms with E-state index in [2.05, 4.69) is 36.6 Å². The third-order valence-corrected chi connectivity index (χ3v) is 4.18. The van der Waals surface area contributed by atoms with Crippen LogP contribution in [-0.4, -0.2) is 12.0 Å². The molecule has 3 aromatic rings. The van der Waals surface area contributed by atoms with E-state index >= 15 is 0 Å². The van der Waals surface area contributed by atoms with Crippen LogP contribution in [0.4, 0.5) is 0 Å². The molecule has 98 valence electrons. The topological polar surface area (TPSA) is 23.9 Å². The van der Waals surface area contributed by atoms with Crippen molar-refractivity contribution in [1.82, 2.24) is 0 Å². The van der Waals surface area contributed by atoms with Crippen LogP contribution in [0.15, 0.2) is 71.6 Å². The Bertz CT molecular complexity index is 754. The maximum atomic E-state index is 8.47. The first kappa shape index (κ1) is 12.9. The van der Waals surface area contributed by atoms with Gasteiger partial charge in [0.05, 0.1) is 5.71 Å². The van der Waals surface area contributed by atoms with Gasteiger partial charge < -0.3 is 0 Å². The van der Waals surface area contributed by atoms with Crippen molar-refractivity contribution >= 4 is 28.2 Å². The second-order valence-electron chi connectivity index (χ2n) is 4.63. The summed E-state index contributed by atoms with van der Waals surface area (Å²) in [4.78, 5) is 1.22. The Labute approximate surface area is 123 Å². The van der Waals surface area contributed by atoms with Crippen molar-refractivity contribution in [3.8, 4) is 0 Å². The van der Waals surface area contributed by atoms with Crippen LogP contribution in [-0.2, 0) is 0 Å². The first-order valence-corrected chi connectivity index (χ1v) is 7.73. The molecule has 20 heavy (non-hydrogen) atoms. The lowest BCUT2D eigenvalue weighted by molar-refractivity contribution is 1.41. The van der Waals surface area contributed by atoms with Crippen molar-refractivity contribution < 1.29 is 0 Å². The fourth-order valence-corrected chi connectivity index (χ4v) is 2.76. The van der Waals surface area contributed by atoms with Crippen LogP contribution in [0.3, 0.4) is 0 Å². The Hall–Kier alpha value is -2.06. The largest absolute Gasteiger partial charge is 0.300 e. The minimum absolute atomic E-state index is 0.578. The van der Waals surface area contributed by atoms with E-state index in [4.69, 9.17) is 5.41 Å². The fourth-order valence-electron chi connectivity index (χ4n) is 2.36. The number of thioether (sulfide) groups is 1. The Morgan fingerprint density at radius 1 is 0.850 bits per heavy atom. The summed E-state index contributed by atoms with van der Waals surface area (Å²) in [7, 11) is 0. The van der Waals surface area contributed by atoms with Gasteiger partial charge in [-0.3, -0.25) is 5.41 Å². The minimum Gasteiger partial charge on any atom is -0.300 e. The van der Waals surface area contributed by atoms with E-state index in [0.717, 1.165) is 16.5 Å². The average Bonchev–Trinajstić information content (AvgIpc) is 2.54. The van der Waals surface area contributed by atoms with Crippen molar-refractivity contribution in [1.29, 1.82) is 5.41 Å². The number of rotatable bonds is 3. The Balaban J connectivity index is 2.07. The molecular weight excluding hydrogens is 262 g/mol. The molecule has 0 unspecified atom stereocenters. The van der Waals surface area contributed by atoms with Crippen molar-refractivity contribution in [2.45, 2.75) is 4.90 Å². The summed E-state index contributed by atoms with van der Waals surface area (Å²) in [5.41, 5.74) is 2.52. The minimum atomic E-state index is 0.578. The normalized spacial score (nSPS) is 10.7. The highest BCUT2D eigenvalue weighted by Gasteiger charge is 2.08. The highest BCUT2D eigenvalue weighted by atomic mass is 32.2. The third-order valence-electron chi connectivity index (χ3n) is 3.44. The number of benzene rings is 3. The predicted octanol–water partition coefficient (Wildman–Crippen LogP) is 4.98. The van der Waals surface area contributed by atoms with E-state index in [-0.39, 0.29) is 0 Å². The summed E-state index contributed by atoms with van der Waals surface area (Å²) in [6, 6.07) is 22.5. The summed E-state index contributed by atoms with van der Waals surface area (Å²) >= 11 is 1.72. The van der Waals surface area contributed by atoms with Gasteiger partial charge in [0.15, 0.2) is 0 Å². The highest BCUT2D eigenvalue weighted by Crippen LogP contribution is 2.22. The molecule has 2 heteroatoms. The summed E-state index contributed by atoms with van der Waals surface area (Å²) in [6.07, 6.45) is 2.06. The number of hydrogen-bond acceptors (Lipinski definition) is 2. The third kappa shape index (κ3) is 2.35. The van der Waals surface area contributed by atoms with Gasteiger partial charge >= 0.3 is 0 Å². The number of fused-ring (bicyclic) bond motifs is 1. The van der Waals surface area contributed by atoms with Gasteiger partial charge in [-0.2, -0.15) is 0 Å². The standard InChI is InChI=1S/C18H15NS/c1-20-15-11-9-14(10-12-15)18(19)17-8-4-6-13-5-2-3-7-16(13)17/h2-12,19H,1H3. The zero-order chi connectivity index (χ0) is 13.9. The first-order valence-electron chi connectivity index (χ1n) is 6.51. The van der Waals surface area contributed by atoms with Gasteiger partial charge in [0, 0.05) is 16.0 Å². The molecule has 0 radical (unpaired) electrons. The predicted molar refractivity (Wildman–Crippen MR) is 88.1 cm³/mol. The SMILES string of the molecule is CSc1ccc(C(=N)c2cccc3ccccc23)cc1. The smallest absolute Gasteiger partial charge is 0.0690 e. The van der Waals surface area contributed by atoms with Gasteiger partial charge in [0.25, 0.3) is 0 Å². The molecule has 0 aliphatic carbocycles. The van der Waals surface area contributed by atoms with Crippen LogP contribution in [0.25, 0.3) is 10.8 Å². The fraction of sp³-hybridized carbons (Fsp3) is 0.0556. The van der Waals surface area contributed by atoms with E-state index in [1.165, 1.54) is 10.3 Å². The molecule has 1 N–H and O–H groups in total.